The number of anilines is 1. The van der Waals surface area contributed by atoms with E-state index >= 15 is 0 Å². The van der Waals surface area contributed by atoms with Crippen molar-refractivity contribution in [2.24, 2.45) is 5.84 Å². The lowest BCUT2D eigenvalue weighted by Gasteiger charge is -2.12. The van der Waals surface area contributed by atoms with Gasteiger partial charge in [0.1, 0.15) is 17.4 Å². The van der Waals surface area contributed by atoms with E-state index in [-0.39, 0.29) is 5.69 Å². The molecule has 110 valence electrons. The van der Waals surface area contributed by atoms with Crippen LogP contribution in [0.25, 0.3) is 0 Å². The Balaban J connectivity index is 2.39. The molecule has 2 aromatic rings. The summed E-state index contributed by atoms with van der Waals surface area (Å²) in [7, 11) is 0. The van der Waals surface area contributed by atoms with Crippen LogP contribution < -0.4 is 16.0 Å². The van der Waals surface area contributed by atoms with Crippen LogP contribution in [0.5, 0.6) is 11.6 Å². The summed E-state index contributed by atoms with van der Waals surface area (Å²) >= 11 is 0. The van der Waals surface area contributed by atoms with E-state index in [4.69, 9.17) is 10.6 Å². The van der Waals surface area contributed by atoms with Crippen LogP contribution in [-0.2, 0) is 6.42 Å². The van der Waals surface area contributed by atoms with E-state index in [1.54, 1.807) is 19.1 Å². The van der Waals surface area contributed by atoms with Gasteiger partial charge in [-0.15, -0.1) is 0 Å². The van der Waals surface area contributed by atoms with Gasteiger partial charge in [-0.05, 0) is 13.0 Å². The number of nitrogens with zero attached hydrogens (tertiary/aromatic N) is 3. The van der Waals surface area contributed by atoms with Gasteiger partial charge in [-0.1, -0.05) is 13.0 Å². The Morgan fingerprint density at radius 3 is 2.81 bits per heavy atom. The average Bonchev–Trinajstić information content (AvgIpc) is 2.49. The fraction of sp³-hybridized carbons (Fsp3) is 0.231. The minimum Gasteiger partial charge on any atom is -0.438 e. The molecule has 0 saturated heterocycles. The van der Waals surface area contributed by atoms with Crippen molar-refractivity contribution in [3.8, 4) is 11.6 Å². The van der Waals surface area contributed by atoms with Crippen LogP contribution in [-0.4, -0.2) is 14.9 Å². The van der Waals surface area contributed by atoms with Crippen LogP contribution in [0.4, 0.5) is 11.5 Å². The molecule has 0 aliphatic carbocycles. The standard InChI is InChI=1S/C13H15N5O3/c1-3-11-15-12(17-14)8(2)13(16-11)21-10-6-4-5-9(7-10)18(19)20/h4-7H,3,14H2,1-2H3,(H,15,16,17). The molecule has 0 bridgehead atoms. The normalized spacial score (nSPS) is 10.2. The quantitative estimate of drug-likeness (QED) is 0.493. The van der Waals surface area contributed by atoms with Crippen molar-refractivity contribution >= 4 is 11.5 Å². The Morgan fingerprint density at radius 2 is 2.19 bits per heavy atom. The minimum absolute atomic E-state index is 0.0490. The van der Waals surface area contributed by atoms with Gasteiger partial charge >= 0.3 is 0 Å². The van der Waals surface area contributed by atoms with E-state index < -0.39 is 4.92 Å². The van der Waals surface area contributed by atoms with E-state index in [9.17, 15) is 10.1 Å². The molecule has 0 amide bonds. The zero-order valence-corrected chi connectivity index (χ0v) is 11.7. The van der Waals surface area contributed by atoms with Crippen molar-refractivity contribution < 1.29 is 9.66 Å². The summed E-state index contributed by atoms with van der Waals surface area (Å²) in [6, 6.07) is 5.90. The topological polar surface area (TPSA) is 116 Å². The first-order chi connectivity index (χ1) is 10.0. The Bertz CT molecular complexity index is 675. The Hall–Kier alpha value is -2.74. The number of hydrogen-bond acceptors (Lipinski definition) is 7. The highest BCUT2D eigenvalue weighted by atomic mass is 16.6. The number of nitro groups is 1. The maximum Gasteiger partial charge on any atom is 0.273 e. The second-order valence-corrected chi connectivity index (χ2v) is 4.27. The maximum atomic E-state index is 10.8. The number of nitrogen functional groups attached to an aromatic ring is 1. The fourth-order valence-electron chi connectivity index (χ4n) is 1.71. The zero-order valence-electron chi connectivity index (χ0n) is 11.7. The lowest BCUT2D eigenvalue weighted by molar-refractivity contribution is -0.384. The zero-order chi connectivity index (χ0) is 15.4. The highest BCUT2D eigenvalue weighted by molar-refractivity contribution is 5.49. The first-order valence-electron chi connectivity index (χ1n) is 6.31. The van der Waals surface area contributed by atoms with Gasteiger partial charge in [0.2, 0.25) is 5.88 Å². The number of nitrogens with one attached hydrogen (secondary N) is 1. The highest BCUT2D eigenvalue weighted by Crippen LogP contribution is 2.28. The van der Waals surface area contributed by atoms with Crippen LogP contribution >= 0.6 is 0 Å². The van der Waals surface area contributed by atoms with E-state index in [1.807, 2.05) is 6.92 Å². The van der Waals surface area contributed by atoms with Gasteiger partial charge in [0.25, 0.3) is 5.69 Å². The molecule has 0 saturated carbocycles. The number of non-ortho nitro benzene ring substituents is 1. The molecule has 8 nitrogen and oxygen atoms in total. The van der Waals surface area contributed by atoms with Gasteiger partial charge in [0.15, 0.2) is 0 Å². The number of nitro benzene ring substituents is 1. The first kappa shape index (κ1) is 14.7. The number of benzene rings is 1. The first-order valence-corrected chi connectivity index (χ1v) is 6.31. The Labute approximate surface area is 121 Å². The predicted octanol–water partition coefficient (Wildman–Crippen LogP) is 2.33. The van der Waals surface area contributed by atoms with Crippen molar-refractivity contribution in [1.82, 2.24) is 9.97 Å². The predicted molar refractivity (Wildman–Crippen MR) is 77.1 cm³/mol. The maximum absolute atomic E-state index is 10.8. The number of aromatic nitrogens is 2. The molecule has 0 fully saturated rings. The van der Waals surface area contributed by atoms with Gasteiger partial charge in [-0.3, -0.25) is 10.1 Å². The summed E-state index contributed by atoms with van der Waals surface area (Å²) in [4.78, 5) is 18.8. The number of hydrazine groups is 1. The van der Waals surface area contributed by atoms with E-state index in [0.29, 0.717) is 35.3 Å². The summed E-state index contributed by atoms with van der Waals surface area (Å²) in [6.07, 6.45) is 0.611. The molecule has 3 N–H and O–H groups in total. The largest absolute Gasteiger partial charge is 0.438 e. The van der Waals surface area contributed by atoms with Crippen LogP contribution in [0.15, 0.2) is 24.3 Å². The number of ether oxygens (including phenoxy) is 1. The fourth-order valence-corrected chi connectivity index (χ4v) is 1.71. The average molecular weight is 289 g/mol. The molecule has 0 aliphatic rings. The lowest BCUT2D eigenvalue weighted by Crippen LogP contribution is -2.13. The second-order valence-electron chi connectivity index (χ2n) is 4.27. The SMILES string of the molecule is CCc1nc(NN)c(C)c(Oc2cccc([N+](=O)[O-])c2)n1. The van der Waals surface area contributed by atoms with Gasteiger partial charge < -0.3 is 10.2 Å². The lowest BCUT2D eigenvalue weighted by atomic mass is 10.3. The van der Waals surface area contributed by atoms with Gasteiger partial charge in [-0.2, -0.15) is 4.98 Å². The van der Waals surface area contributed by atoms with Crippen LogP contribution in [0.1, 0.15) is 18.3 Å². The molecule has 0 unspecified atom stereocenters. The highest BCUT2D eigenvalue weighted by Gasteiger charge is 2.13. The third kappa shape index (κ3) is 3.23. The molecule has 0 aliphatic heterocycles. The van der Waals surface area contributed by atoms with E-state index in [2.05, 4.69) is 15.4 Å². The molecular weight excluding hydrogens is 274 g/mol. The van der Waals surface area contributed by atoms with Crippen molar-refractivity contribution in [2.45, 2.75) is 20.3 Å². The van der Waals surface area contributed by atoms with E-state index in [1.165, 1.54) is 12.1 Å². The summed E-state index contributed by atoms with van der Waals surface area (Å²) in [5.41, 5.74) is 3.06. The third-order valence-electron chi connectivity index (χ3n) is 2.84. The summed E-state index contributed by atoms with van der Waals surface area (Å²) < 4.78 is 5.63. The van der Waals surface area contributed by atoms with Gasteiger partial charge in [0, 0.05) is 12.5 Å². The number of nitrogens with two attached hydrogens (primary N) is 1. The monoisotopic (exact) mass is 289 g/mol. The van der Waals surface area contributed by atoms with E-state index in [0.717, 1.165) is 0 Å². The molecule has 0 radical (unpaired) electrons. The van der Waals surface area contributed by atoms with Crippen molar-refractivity contribution in [3.05, 3.63) is 45.8 Å². The smallest absolute Gasteiger partial charge is 0.273 e. The van der Waals surface area contributed by atoms with Crippen LogP contribution in [0.3, 0.4) is 0 Å². The molecule has 0 atom stereocenters. The molecule has 21 heavy (non-hydrogen) atoms. The molecule has 8 heteroatoms. The summed E-state index contributed by atoms with van der Waals surface area (Å²) in [5.74, 6) is 7.08. The Morgan fingerprint density at radius 1 is 1.43 bits per heavy atom. The molecule has 2 rings (SSSR count). The minimum atomic E-state index is -0.482. The van der Waals surface area contributed by atoms with Crippen molar-refractivity contribution in [1.29, 1.82) is 0 Å². The third-order valence-corrected chi connectivity index (χ3v) is 2.84. The summed E-state index contributed by atoms with van der Waals surface area (Å²) in [6.45, 7) is 3.66. The molecule has 1 aromatic carbocycles. The number of rotatable bonds is 5. The number of hydrogen-bond donors (Lipinski definition) is 2. The van der Waals surface area contributed by atoms with Crippen LogP contribution in [0.2, 0.25) is 0 Å². The molecule has 0 spiro atoms. The van der Waals surface area contributed by atoms with Crippen LogP contribution in [0, 0.1) is 17.0 Å². The van der Waals surface area contributed by atoms with Gasteiger partial charge in [0.05, 0.1) is 16.6 Å². The van der Waals surface area contributed by atoms with Crippen molar-refractivity contribution in [2.75, 3.05) is 5.43 Å². The number of aryl methyl sites for hydroxylation is 1. The van der Waals surface area contributed by atoms with Gasteiger partial charge in [-0.25, -0.2) is 10.8 Å². The Kier molecular flexibility index (Phi) is 4.29. The summed E-state index contributed by atoms with van der Waals surface area (Å²) in [5, 5.41) is 10.8. The molecule has 1 aromatic heterocycles. The molecule has 1 heterocycles. The second kappa shape index (κ2) is 6.14. The molecular formula is C13H15N5O3. The van der Waals surface area contributed by atoms with Crippen molar-refractivity contribution in [3.63, 3.8) is 0 Å².